The van der Waals surface area contributed by atoms with E-state index in [2.05, 4.69) is 25.7 Å². The van der Waals surface area contributed by atoms with Gasteiger partial charge in [0.05, 0.1) is 12.3 Å². The zero-order valence-corrected chi connectivity index (χ0v) is 11.1. The number of hydrogen-bond donors (Lipinski definition) is 1. The summed E-state index contributed by atoms with van der Waals surface area (Å²) in [6.45, 7) is 5.13. The highest BCUT2D eigenvalue weighted by Gasteiger charge is 2.12. The van der Waals surface area contributed by atoms with Crippen molar-refractivity contribution in [2.24, 2.45) is 5.73 Å². The lowest BCUT2D eigenvalue weighted by atomic mass is 10.2. The molecule has 0 aliphatic heterocycles. The highest BCUT2D eigenvalue weighted by Crippen LogP contribution is 2.19. The molecule has 0 aliphatic carbocycles. The van der Waals surface area contributed by atoms with Crippen molar-refractivity contribution in [3.8, 4) is 0 Å². The van der Waals surface area contributed by atoms with E-state index < -0.39 is 0 Å². The number of thioether (sulfide) groups is 1. The van der Waals surface area contributed by atoms with Crippen molar-refractivity contribution in [2.75, 3.05) is 6.54 Å². The van der Waals surface area contributed by atoms with Gasteiger partial charge in [-0.1, -0.05) is 30.8 Å². The third kappa shape index (κ3) is 3.05. The summed E-state index contributed by atoms with van der Waals surface area (Å²) in [7, 11) is 0. The van der Waals surface area contributed by atoms with Gasteiger partial charge in [-0.25, -0.2) is 4.68 Å². The molecule has 0 saturated heterocycles. The molecule has 0 radical (unpaired) electrons. The number of tetrazole rings is 1. The van der Waals surface area contributed by atoms with E-state index in [4.69, 9.17) is 10.3 Å². The Morgan fingerprint density at radius 1 is 1.44 bits per heavy atom. The van der Waals surface area contributed by atoms with E-state index in [0.29, 0.717) is 35.7 Å². The molecule has 8 nitrogen and oxygen atoms in total. The van der Waals surface area contributed by atoms with Crippen molar-refractivity contribution in [1.29, 1.82) is 0 Å². The minimum Gasteiger partial charge on any atom is -0.338 e. The largest absolute Gasteiger partial charge is 0.338 e. The Kier molecular flexibility index (Phi) is 4.26. The van der Waals surface area contributed by atoms with Crippen molar-refractivity contribution in [1.82, 2.24) is 30.3 Å². The quantitative estimate of drug-likeness (QED) is 0.752. The molecular weight excluding hydrogens is 254 g/mol. The minimum absolute atomic E-state index is 0.259. The van der Waals surface area contributed by atoms with Crippen LogP contribution in [-0.2, 0) is 12.3 Å². The lowest BCUT2D eigenvalue weighted by Crippen LogP contribution is -2.12. The van der Waals surface area contributed by atoms with Gasteiger partial charge >= 0.3 is 0 Å². The van der Waals surface area contributed by atoms with Gasteiger partial charge in [-0.3, -0.25) is 0 Å². The summed E-state index contributed by atoms with van der Waals surface area (Å²) in [6.07, 6.45) is 0. The Hall–Kier alpha value is -1.48. The first-order valence-corrected chi connectivity index (χ1v) is 6.60. The zero-order valence-electron chi connectivity index (χ0n) is 10.3. The molecule has 2 rings (SSSR count). The second kappa shape index (κ2) is 5.91. The van der Waals surface area contributed by atoms with E-state index >= 15 is 0 Å². The average Bonchev–Trinajstić information content (AvgIpc) is 2.95. The number of aromatic nitrogens is 6. The Bertz CT molecular complexity index is 495. The van der Waals surface area contributed by atoms with Crippen molar-refractivity contribution >= 4 is 11.8 Å². The van der Waals surface area contributed by atoms with Gasteiger partial charge in [-0.2, -0.15) is 4.98 Å². The summed E-state index contributed by atoms with van der Waals surface area (Å²) in [5.74, 6) is 2.10. The van der Waals surface area contributed by atoms with Crippen molar-refractivity contribution in [3.05, 3.63) is 11.7 Å². The molecule has 0 aromatic carbocycles. The van der Waals surface area contributed by atoms with Crippen LogP contribution < -0.4 is 5.73 Å². The highest BCUT2D eigenvalue weighted by molar-refractivity contribution is 7.98. The maximum Gasteiger partial charge on any atom is 0.237 e. The molecule has 0 atom stereocenters. The SMILES string of the molecule is CC(C)c1noc(CSc2nnnn2CCN)n1. The molecule has 9 heteroatoms. The normalized spacial score (nSPS) is 11.3. The first-order chi connectivity index (χ1) is 8.70. The van der Waals surface area contributed by atoms with Gasteiger partial charge in [-0.05, 0) is 10.4 Å². The summed E-state index contributed by atoms with van der Waals surface area (Å²) in [6, 6.07) is 0. The van der Waals surface area contributed by atoms with Crippen LogP contribution in [0.4, 0.5) is 0 Å². The van der Waals surface area contributed by atoms with Crippen LogP contribution in [0.25, 0.3) is 0 Å². The van der Waals surface area contributed by atoms with Crippen molar-refractivity contribution in [3.63, 3.8) is 0 Å². The van der Waals surface area contributed by atoms with Crippen LogP contribution in [0, 0.1) is 0 Å². The Morgan fingerprint density at radius 3 is 2.94 bits per heavy atom. The Labute approximate surface area is 108 Å². The van der Waals surface area contributed by atoms with E-state index in [1.165, 1.54) is 11.8 Å². The van der Waals surface area contributed by atoms with Crippen LogP contribution in [0.1, 0.15) is 31.5 Å². The summed E-state index contributed by atoms with van der Waals surface area (Å²) in [5.41, 5.74) is 5.47. The van der Waals surface area contributed by atoms with Gasteiger partial charge in [0.15, 0.2) is 5.82 Å². The minimum atomic E-state index is 0.259. The molecule has 0 bridgehead atoms. The standard InChI is InChI=1S/C9H15N7OS/c1-6(2)8-11-7(17-13-8)5-18-9-12-14-15-16(9)4-3-10/h6H,3-5,10H2,1-2H3. The third-order valence-corrected chi connectivity index (χ3v) is 3.11. The Balaban J connectivity index is 1.95. The lowest BCUT2D eigenvalue weighted by Gasteiger charge is -1.99. The monoisotopic (exact) mass is 269 g/mol. The van der Waals surface area contributed by atoms with Crippen LogP contribution in [0.2, 0.25) is 0 Å². The summed E-state index contributed by atoms with van der Waals surface area (Å²) in [5, 5.41) is 16.0. The molecule has 0 aliphatic rings. The molecule has 2 heterocycles. The number of nitrogens with two attached hydrogens (primary N) is 1. The van der Waals surface area contributed by atoms with Crippen LogP contribution in [0.3, 0.4) is 0 Å². The van der Waals surface area contributed by atoms with Gasteiger partial charge in [0.25, 0.3) is 0 Å². The first-order valence-electron chi connectivity index (χ1n) is 5.62. The lowest BCUT2D eigenvalue weighted by molar-refractivity contribution is 0.382. The fourth-order valence-electron chi connectivity index (χ4n) is 1.25. The molecular formula is C9H15N7OS. The number of rotatable bonds is 6. The highest BCUT2D eigenvalue weighted by atomic mass is 32.2. The fourth-order valence-corrected chi connectivity index (χ4v) is 1.99. The third-order valence-electron chi connectivity index (χ3n) is 2.16. The first kappa shape index (κ1) is 13.0. The van der Waals surface area contributed by atoms with Gasteiger partial charge in [0.1, 0.15) is 0 Å². The number of hydrogen-bond acceptors (Lipinski definition) is 8. The van der Waals surface area contributed by atoms with E-state index in [9.17, 15) is 0 Å². The summed E-state index contributed by atoms with van der Waals surface area (Å²) < 4.78 is 6.80. The van der Waals surface area contributed by atoms with Gasteiger partial charge in [-0.15, -0.1) is 5.10 Å². The molecule has 0 unspecified atom stereocenters. The molecule has 2 aromatic heterocycles. The average molecular weight is 269 g/mol. The molecule has 0 fully saturated rings. The van der Waals surface area contributed by atoms with E-state index in [-0.39, 0.29) is 5.92 Å². The molecule has 0 spiro atoms. The molecule has 18 heavy (non-hydrogen) atoms. The Morgan fingerprint density at radius 2 is 2.28 bits per heavy atom. The fraction of sp³-hybridized carbons (Fsp3) is 0.667. The zero-order chi connectivity index (χ0) is 13.0. The second-order valence-electron chi connectivity index (χ2n) is 3.96. The smallest absolute Gasteiger partial charge is 0.237 e. The van der Waals surface area contributed by atoms with Crippen molar-refractivity contribution < 1.29 is 4.52 Å². The van der Waals surface area contributed by atoms with Crippen LogP contribution >= 0.6 is 11.8 Å². The maximum atomic E-state index is 5.47. The van der Waals surface area contributed by atoms with Gasteiger partial charge in [0.2, 0.25) is 11.0 Å². The topological polar surface area (TPSA) is 109 Å². The maximum absolute atomic E-state index is 5.47. The summed E-state index contributed by atoms with van der Waals surface area (Å²) in [4.78, 5) is 4.28. The second-order valence-corrected chi connectivity index (χ2v) is 4.91. The van der Waals surface area contributed by atoms with Crippen LogP contribution in [0.15, 0.2) is 9.68 Å². The van der Waals surface area contributed by atoms with E-state index in [0.717, 1.165) is 0 Å². The van der Waals surface area contributed by atoms with Crippen LogP contribution in [-0.4, -0.2) is 36.9 Å². The van der Waals surface area contributed by atoms with Crippen molar-refractivity contribution in [2.45, 2.75) is 37.2 Å². The van der Waals surface area contributed by atoms with Crippen LogP contribution in [0.5, 0.6) is 0 Å². The van der Waals surface area contributed by atoms with Gasteiger partial charge in [0, 0.05) is 12.5 Å². The number of nitrogens with zero attached hydrogens (tertiary/aromatic N) is 6. The van der Waals surface area contributed by atoms with E-state index in [1.54, 1.807) is 4.68 Å². The molecule has 98 valence electrons. The molecule has 0 amide bonds. The van der Waals surface area contributed by atoms with E-state index in [1.807, 2.05) is 13.8 Å². The molecule has 2 aromatic rings. The predicted molar refractivity (Wildman–Crippen MR) is 64.8 cm³/mol. The predicted octanol–water partition coefficient (Wildman–Crippen LogP) is 0.430. The molecule has 0 saturated carbocycles. The molecule has 2 N–H and O–H groups in total. The summed E-state index contributed by atoms with van der Waals surface area (Å²) >= 11 is 1.45. The van der Waals surface area contributed by atoms with Gasteiger partial charge < -0.3 is 10.3 Å².